The Labute approximate surface area is 229 Å². The van der Waals surface area contributed by atoms with Crippen molar-refractivity contribution < 1.29 is 23.1 Å². The van der Waals surface area contributed by atoms with Crippen molar-refractivity contribution in [1.29, 1.82) is 0 Å². The molecule has 4 rings (SSSR count). The zero-order chi connectivity index (χ0) is 28.4. The van der Waals surface area contributed by atoms with Gasteiger partial charge in [0.2, 0.25) is 5.91 Å². The molecule has 4 aromatic rings. The second kappa shape index (κ2) is 13.3. The monoisotopic (exact) mass is 550 g/mol. The molecular weight excluding hydrogens is 522 g/mol. The summed E-state index contributed by atoms with van der Waals surface area (Å²) in [5, 5.41) is 21.5. The molecule has 40 heavy (non-hydrogen) atoms. The molecule has 11 nitrogen and oxygen atoms in total. The minimum Gasteiger partial charge on any atom is -0.433 e. The van der Waals surface area contributed by atoms with Crippen LogP contribution in [-0.2, 0) is 30.7 Å². The van der Waals surface area contributed by atoms with Crippen molar-refractivity contribution in [3.63, 3.8) is 0 Å². The summed E-state index contributed by atoms with van der Waals surface area (Å²) in [6, 6.07) is 15.0. The van der Waals surface area contributed by atoms with Crippen LogP contribution < -0.4 is 15.4 Å². The van der Waals surface area contributed by atoms with E-state index >= 15 is 0 Å². The summed E-state index contributed by atoms with van der Waals surface area (Å²) in [6.07, 6.45) is 2.30. The minimum atomic E-state index is -3.29. The number of aromatic nitrogens is 6. The SMILES string of the molecule is CC(F)(F)Oc1cccc(CNC(=O)c2cn(CCCCc3ccc(NC(=O)Cc4ccccn4)nn3)nn2)c1. The Morgan fingerprint density at radius 3 is 2.62 bits per heavy atom. The Hall–Kier alpha value is -4.81. The maximum Gasteiger partial charge on any atom is 0.394 e. The van der Waals surface area contributed by atoms with E-state index in [2.05, 4.69) is 40.9 Å². The number of halogens is 2. The Balaban J connectivity index is 1.16. The number of anilines is 1. The van der Waals surface area contributed by atoms with Crippen molar-refractivity contribution in [3.8, 4) is 5.75 Å². The average molecular weight is 551 g/mol. The van der Waals surface area contributed by atoms with Crippen molar-refractivity contribution >= 4 is 17.6 Å². The number of hydrogen-bond acceptors (Lipinski definition) is 8. The molecule has 2 N–H and O–H groups in total. The molecule has 208 valence electrons. The van der Waals surface area contributed by atoms with Crippen molar-refractivity contribution in [2.45, 2.75) is 51.8 Å². The fraction of sp³-hybridized carbons (Fsp3) is 0.296. The normalized spacial score (nSPS) is 11.2. The Morgan fingerprint density at radius 1 is 1.00 bits per heavy atom. The molecule has 0 spiro atoms. The number of amides is 2. The lowest BCUT2D eigenvalue weighted by Crippen LogP contribution is -2.23. The van der Waals surface area contributed by atoms with Crippen molar-refractivity contribution in [3.05, 3.63) is 89.6 Å². The van der Waals surface area contributed by atoms with E-state index in [9.17, 15) is 18.4 Å². The van der Waals surface area contributed by atoms with Gasteiger partial charge in [0.15, 0.2) is 11.5 Å². The molecule has 0 fully saturated rings. The molecule has 0 saturated carbocycles. The van der Waals surface area contributed by atoms with E-state index in [1.807, 2.05) is 12.1 Å². The van der Waals surface area contributed by atoms with Crippen LogP contribution in [-0.4, -0.2) is 48.1 Å². The van der Waals surface area contributed by atoms with Gasteiger partial charge in [0.05, 0.1) is 18.3 Å². The van der Waals surface area contributed by atoms with Gasteiger partial charge in [-0.05, 0) is 61.2 Å². The molecule has 3 aromatic heterocycles. The predicted octanol–water partition coefficient (Wildman–Crippen LogP) is 3.59. The van der Waals surface area contributed by atoms with E-state index in [-0.39, 0.29) is 30.3 Å². The van der Waals surface area contributed by atoms with Crippen LogP contribution >= 0.6 is 0 Å². The quantitative estimate of drug-likeness (QED) is 0.241. The first-order chi connectivity index (χ1) is 19.2. The van der Waals surface area contributed by atoms with E-state index in [0.717, 1.165) is 18.5 Å². The molecule has 0 aliphatic rings. The van der Waals surface area contributed by atoms with Crippen LogP contribution in [0.2, 0.25) is 0 Å². The van der Waals surface area contributed by atoms with Crippen molar-refractivity contribution in [1.82, 2.24) is 35.5 Å². The van der Waals surface area contributed by atoms with E-state index in [1.165, 1.54) is 12.1 Å². The number of benzene rings is 1. The number of nitrogens with one attached hydrogen (secondary N) is 2. The number of alkyl halides is 2. The lowest BCUT2D eigenvalue weighted by Gasteiger charge is -2.13. The number of unbranched alkanes of at least 4 members (excludes halogenated alkanes) is 1. The molecule has 0 radical (unpaired) electrons. The number of aryl methyl sites for hydroxylation is 2. The summed E-state index contributed by atoms with van der Waals surface area (Å²) in [7, 11) is 0. The third-order valence-corrected chi connectivity index (χ3v) is 5.55. The first-order valence-corrected chi connectivity index (χ1v) is 12.6. The second-order valence-corrected chi connectivity index (χ2v) is 9.02. The first-order valence-electron chi connectivity index (χ1n) is 12.6. The number of pyridine rings is 1. The lowest BCUT2D eigenvalue weighted by atomic mass is 10.2. The van der Waals surface area contributed by atoms with Crippen LogP contribution in [0.3, 0.4) is 0 Å². The molecule has 0 aliphatic carbocycles. The van der Waals surface area contributed by atoms with Crippen LogP contribution in [0, 0.1) is 0 Å². The van der Waals surface area contributed by atoms with Crippen LogP contribution in [0.25, 0.3) is 0 Å². The number of rotatable bonds is 13. The molecule has 0 saturated heterocycles. The molecule has 0 atom stereocenters. The molecule has 0 bridgehead atoms. The molecule has 0 unspecified atom stereocenters. The van der Waals surface area contributed by atoms with Crippen LogP contribution in [0.5, 0.6) is 5.75 Å². The number of nitrogens with zero attached hydrogens (tertiary/aromatic N) is 6. The topological polar surface area (TPSA) is 137 Å². The summed E-state index contributed by atoms with van der Waals surface area (Å²) in [6.45, 7) is 1.33. The maximum absolute atomic E-state index is 13.1. The van der Waals surface area contributed by atoms with Gasteiger partial charge in [-0.25, -0.2) is 0 Å². The van der Waals surface area contributed by atoms with Gasteiger partial charge in [-0.2, -0.15) is 13.9 Å². The summed E-state index contributed by atoms with van der Waals surface area (Å²) >= 11 is 0. The summed E-state index contributed by atoms with van der Waals surface area (Å²) in [5.41, 5.74) is 2.22. The van der Waals surface area contributed by atoms with Gasteiger partial charge in [-0.1, -0.05) is 23.4 Å². The van der Waals surface area contributed by atoms with Crippen molar-refractivity contribution in [2.24, 2.45) is 0 Å². The summed E-state index contributed by atoms with van der Waals surface area (Å²) in [5.74, 6) is -0.261. The number of hydrogen-bond donors (Lipinski definition) is 2. The molecule has 13 heteroatoms. The Kier molecular flexibility index (Phi) is 9.39. The largest absolute Gasteiger partial charge is 0.433 e. The predicted molar refractivity (Wildman–Crippen MR) is 140 cm³/mol. The average Bonchev–Trinajstić information content (AvgIpc) is 3.40. The van der Waals surface area contributed by atoms with Crippen molar-refractivity contribution in [2.75, 3.05) is 5.32 Å². The molecular formula is C27H28F2N8O3. The molecule has 3 heterocycles. The third kappa shape index (κ3) is 9.19. The van der Waals surface area contributed by atoms with E-state index < -0.39 is 12.0 Å². The van der Waals surface area contributed by atoms with Crippen LogP contribution in [0.15, 0.2) is 67.0 Å². The van der Waals surface area contributed by atoms with E-state index in [4.69, 9.17) is 0 Å². The fourth-order valence-electron chi connectivity index (χ4n) is 3.70. The third-order valence-electron chi connectivity index (χ3n) is 5.55. The number of carbonyl (C=O) groups excluding carboxylic acids is 2. The maximum atomic E-state index is 13.1. The zero-order valence-electron chi connectivity index (χ0n) is 21.8. The Bertz CT molecular complexity index is 1410. The van der Waals surface area contributed by atoms with Gasteiger partial charge >= 0.3 is 6.11 Å². The first kappa shape index (κ1) is 28.2. The highest BCUT2D eigenvalue weighted by molar-refractivity contribution is 5.92. The van der Waals surface area contributed by atoms with E-state index in [1.54, 1.807) is 47.4 Å². The van der Waals surface area contributed by atoms with E-state index in [0.29, 0.717) is 37.0 Å². The van der Waals surface area contributed by atoms with Gasteiger partial charge in [0, 0.05) is 31.9 Å². The number of ether oxygens (including phenoxy) is 1. The van der Waals surface area contributed by atoms with Gasteiger partial charge in [-0.15, -0.1) is 10.2 Å². The smallest absolute Gasteiger partial charge is 0.394 e. The molecule has 1 aromatic carbocycles. The highest BCUT2D eigenvalue weighted by Gasteiger charge is 2.23. The highest BCUT2D eigenvalue weighted by atomic mass is 19.3. The van der Waals surface area contributed by atoms with Gasteiger partial charge in [-0.3, -0.25) is 19.3 Å². The standard InChI is InChI=1S/C27H28F2N8O3/c1-27(28,29)40-22-10-6-7-19(15-22)17-31-26(39)23-18-37(36-34-23)14-5-3-8-20-11-12-24(35-33-20)32-25(38)16-21-9-2-4-13-30-21/h2,4,6-7,9-13,15,18H,3,5,8,14,16-17H2,1H3,(H,31,39)(H,32,35,38). The zero-order valence-corrected chi connectivity index (χ0v) is 21.8. The van der Waals surface area contributed by atoms with Crippen LogP contribution in [0.1, 0.15) is 47.2 Å². The Morgan fingerprint density at radius 2 is 1.88 bits per heavy atom. The minimum absolute atomic E-state index is 0.00971. The van der Waals surface area contributed by atoms with Gasteiger partial charge in [0.1, 0.15) is 5.75 Å². The summed E-state index contributed by atoms with van der Waals surface area (Å²) in [4.78, 5) is 28.7. The summed E-state index contributed by atoms with van der Waals surface area (Å²) < 4.78 is 32.2. The highest BCUT2D eigenvalue weighted by Crippen LogP contribution is 2.21. The fourth-order valence-corrected chi connectivity index (χ4v) is 3.70. The number of carbonyl (C=O) groups is 2. The molecule has 2 amide bonds. The van der Waals surface area contributed by atoms with Crippen LogP contribution in [0.4, 0.5) is 14.6 Å². The lowest BCUT2D eigenvalue weighted by molar-refractivity contribution is -0.159. The van der Waals surface area contributed by atoms with Gasteiger partial charge < -0.3 is 15.4 Å². The second-order valence-electron chi connectivity index (χ2n) is 9.02. The molecule has 0 aliphatic heterocycles. The van der Waals surface area contributed by atoms with Gasteiger partial charge in [0.25, 0.3) is 5.91 Å².